The van der Waals surface area contributed by atoms with E-state index >= 15 is 0 Å². The van der Waals surface area contributed by atoms with Crippen LogP contribution in [0, 0.1) is 0 Å². The van der Waals surface area contributed by atoms with Crippen molar-refractivity contribution in [3.63, 3.8) is 0 Å². The van der Waals surface area contributed by atoms with E-state index < -0.39 is 0 Å². The summed E-state index contributed by atoms with van der Waals surface area (Å²) in [5.74, 6) is 0.787. The Hall–Kier alpha value is -0.740. The Bertz CT molecular complexity index is 619. The summed E-state index contributed by atoms with van der Waals surface area (Å²) in [5, 5.41) is 4.58. The Kier molecular flexibility index (Phi) is 5.33. The molecule has 1 N–H and O–H groups in total. The van der Waals surface area contributed by atoms with Crippen molar-refractivity contribution in [2.75, 3.05) is 14.2 Å². The topological polar surface area (TPSA) is 21.3 Å². The van der Waals surface area contributed by atoms with Gasteiger partial charge in [0, 0.05) is 20.1 Å². The SMILES string of the molecule is CNC(c1cc(Cl)ccc1Cl)c1ccc(Br)cc1OC. The number of hydrogen-bond acceptors (Lipinski definition) is 2. The average Bonchev–Trinajstić information content (AvgIpc) is 2.44. The van der Waals surface area contributed by atoms with Crippen LogP contribution in [0.2, 0.25) is 10.0 Å². The first-order valence-electron chi connectivity index (χ1n) is 6.02. The molecule has 1 unspecified atom stereocenters. The molecule has 0 fully saturated rings. The number of nitrogens with one attached hydrogen (secondary N) is 1. The molecular formula is C15H14BrCl2NO. The van der Waals surface area contributed by atoms with Gasteiger partial charge in [-0.1, -0.05) is 45.2 Å². The second kappa shape index (κ2) is 6.81. The first kappa shape index (κ1) is 15.6. The zero-order chi connectivity index (χ0) is 14.7. The van der Waals surface area contributed by atoms with Crippen molar-refractivity contribution in [1.29, 1.82) is 0 Å². The normalized spacial score (nSPS) is 12.2. The monoisotopic (exact) mass is 373 g/mol. The molecule has 106 valence electrons. The molecule has 0 amide bonds. The van der Waals surface area contributed by atoms with Gasteiger partial charge < -0.3 is 10.1 Å². The van der Waals surface area contributed by atoms with Crippen LogP contribution in [0.3, 0.4) is 0 Å². The number of ether oxygens (including phenoxy) is 1. The highest BCUT2D eigenvalue weighted by molar-refractivity contribution is 9.10. The van der Waals surface area contributed by atoms with Crippen LogP contribution in [0.25, 0.3) is 0 Å². The van der Waals surface area contributed by atoms with Crippen LogP contribution in [0.4, 0.5) is 0 Å². The van der Waals surface area contributed by atoms with Gasteiger partial charge in [-0.25, -0.2) is 0 Å². The summed E-state index contributed by atoms with van der Waals surface area (Å²) in [6.45, 7) is 0. The van der Waals surface area contributed by atoms with Gasteiger partial charge in [0.1, 0.15) is 5.75 Å². The average molecular weight is 375 g/mol. The van der Waals surface area contributed by atoms with E-state index in [0.717, 1.165) is 21.3 Å². The molecule has 0 saturated heterocycles. The number of hydrogen-bond donors (Lipinski definition) is 1. The molecule has 5 heteroatoms. The molecule has 0 heterocycles. The quantitative estimate of drug-likeness (QED) is 0.806. The summed E-state index contributed by atoms with van der Waals surface area (Å²) in [7, 11) is 3.53. The summed E-state index contributed by atoms with van der Waals surface area (Å²) in [4.78, 5) is 0. The maximum atomic E-state index is 6.30. The minimum Gasteiger partial charge on any atom is -0.496 e. The van der Waals surface area contributed by atoms with Gasteiger partial charge in [0.05, 0.1) is 13.2 Å². The number of rotatable bonds is 4. The highest BCUT2D eigenvalue weighted by atomic mass is 79.9. The van der Waals surface area contributed by atoms with Crippen molar-refractivity contribution in [2.24, 2.45) is 0 Å². The van der Waals surface area contributed by atoms with E-state index in [4.69, 9.17) is 27.9 Å². The second-order valence-electron chi connectivity index (χ2n) is 4.27. The van der Waals surface area contributed by atoms with Crippen molar-refractivity contribution in [2.45, 2.75) is 6.04 Å². The first-order valence-corrected chi connectivity index (χ1v) is 7.57. The Morgan fingerprint density at radius 3 is 2.50 bits per heavy atom. The maximum Gasteiger partial charge on any atom is 0.125 e. The van der Waals surface area contributed by atoms with Crippen molar-refractivity contribution in [1.82, 2.24) is 5.32 Å². The Morgan fingerprint density at radius 2 is 1.85 bits per heavy atom. The van der Waals surface area contributed by atoms with Crippen LogP contribution in [0.5, 0.6) is 5.75 Å². The van der Waals surface area contributed by atoms with Crippen LogP contribution in [-0.4, -0.2) is 14.2 Å². The Morgan fingerprint density at radius 1 is 1.10 bits per heavy atom. The van der Waals surface area contributed by atoms with Gasteiger partial charge in [-0.15, -0.1) is 0 Å². The number of benzene rings is 2. The molecule has 2 rings (SSSR count). The molecular weight excluding hydrogens is 361 g/mol. The largest absolute Gasteiger partial charge is 0.496 e. The van der Waals surface area contributed by atoms with Crippen LogP contribution in [0.1, 0.15) is 17.2 Å². The Balaban J connectivity index is 2.55. The predicted octanol–water partition coefficient (Wildman–Crippen LogP) is 5.07. The van der Waals surface area contributed by atoms with Gasteiger partial charge in [-0.05, 0) is 42.9 Å². The lowest BCUT2D eigenvalue weighted by molar-refractivity contribution is 0.405. The third-order valence-electron chi connectivity index (χ3n) is 3.06. The lowest BCUT2D eigenvalue weighted by atomic mass is 9.98. The lowest BCUT2D eigenvalue weighted by Crippen LogP contribution is -2.19. The van der Waals surface area contributed by atoms with Gasteiger partial charge in [-0.3, -0.25) is 0 Å². The molecule has 2 nitrogen and oxygen atoms in total. The summed E-state index contributed by atoms with van der Waals surface area (Å²) in [5.41, 5.74) is 1.92. The fourth-order valence-electron chi connectivity index (χ4n) is 2.14. The fourth-order valence-corrected chi connectivity index (χ4v) is 2.89. The smallest absolute Gasteiger partial charge is 0.125 e. The van der Waals surface area contributed by atoms with Gasteiger partial charge in [0.25, 0.3) is 0 Å². The lowest BCUT2D eigenvalue weighted by Gasteiger charge is -2.21. The minimum absolute atomic E-state index is 0.0933. The van der Waals surface area contributed by atoms with E-state index in [1.165, 1.54) is 0 Å². The zero-order valence-electron chi connectivity index (χ0n) is 11.1. The van der Waals surface area contributed by atoms with E-state index in [1.54, 1.807) is 19.2 Å². The molecule has 0 aromatic heterocycles. The molecule has 0 aliphatic carbocycles. The summed E-state index contributed by atoms with van der Waals surface area (Å²) >= 11 is 15.8. The van der Waals surface area contributed by atoms with Crippen molar-refractivity contribution in [3.8, 4) is 5.75 Å². The molecule has 2 aromatic rings. The molecule has 0 saturated carbocycles. The molecule has 0 bridgehead atoms. The highest BCUT2D eigenvalue weighted by Crippen LogP contribution is 2.36. The van der Waals surface area contributed by atoms with Crippen molar-refractivity contribution >= 4 is 39.1 Å². The third-order valence-corrected chi connectivity index (χ3v) is 4.14. The Labute approximate surface area is 137 Å². The molecule has 0 spiro atoms. The van der Waals surface area contributed by atoms with Crippen molar-refractivity contribution in [3.05, 3.63) is 62.0 Å². The summed E-state index contributed by atoms with van der Waals surface area (Å²) < 4.78 is 6.42. The van der Waals surface area contributed by atoms with Gasteiger partial charge in [0.15, 0.2) is 0 Å². The molecule has 1 atom stereocenters. The zero-order valence-corrected chi connectivity index (χ0v) is 14.2. The molecule has 0 aliphatic rings. The van der Waals surface area contributed by atoms with E-state index in [0.29, 0.717) is 10.0 Å². The summed E-state index contributed by atoms with van der Waals surface area (Å²) in [6, 6.07) is 11.3. The molecule has 2 aromatic carbocycles. The minimum atomic E-state index is -0.0933. The van der Waals surface area contributed by atoms with Crippen LogP contribution < -0.4 is 10.1 Å². The van der Waals surface area contributed by atoms with Gasteiger partial charge >= 0.3 is 0 Å². The molecule has 0 aliphatic heterocycles. The maximum absolute atomic E-state index is 6.30. The summed E-state index contributed by atoms with van der Waals surface area (Å²) in [6.07, 6.45) is 0. The first-order chi connectivity index (χ1) is 9.56. The number of halogens is 3. The van der Waals surface area contributed by atoms with E-state index in [9.17, 15) is 0 Å². The van der Waals surface area contributed by atoms with Gasteiger partial charge in [0.2, 0.25) is 0 Å². The highest BCUT2D eigenvalue weighted by Gasteiger charge is 2.19. The van der Waals surface area contributed by atoms with Gasteiger partial charge in [-0.2, -0.15) is 0 Å². The molecule has 0 radical (unpaired) electrons. The van der Waals surface area contributed by atoms with Crippen LogP contribution in [-0.2, 0) is 0 Å². The standard InChI is InChI=1S/C15H14BrCl2NO/c1-19-15(12-8-10(17)4-6-13(12)18)11-5-3-9(16)7-14(11)20-2/h3-8,15,19H,1-2H3. The number of methoxy groups -OCH3 is 1. The third kappa shape index (κ3) is 3.29. The fraction of sp³-hybridized carbons (Fsp3) is 0.200. The molecule has 20 heavy (non-hydrogen) atoms. The van der Waals surface area contributed by atoms with Crippen LogP contribution >= 0.6 is 39.1 Å². The predicted molar refractivity (Wildman–Crippen MR) is 88.1 cm³/mol. The van der Waals surface area contributed by atoms with E-state index in [1.807, 2.05) is 31.3 Å². The van der Waals surface area contributed by atoms with Crippen LogP contribution in [0.15, 0.2) is 40.9 Å². The van der Waals surface area contributed by atoms with Crippen molar-refractivity contribution < 1.29 is 4.74 Å². The van der Waals surface area contributed by atoms with E-state index in [2.05, 4.69) is 21.2 Å². The second-order valence-corrected chi connectivity index (χ2v) is 6.03. The van der Waals surface area contributed by atoms with E-state index in [-0.39, 0.29) is 6.04 Å².